The maximum Gasteiger partial charge on any atom is 0.191 e. The smallest absolute Gasteiger partial charge is 0.191 e. The second-order valence-corrected chi connectivity index (χ2v) is 7.14. The lowest BCUT2D eigenvalue weighted by Crippen LogP contribution is -2.49. The molecule has 0 bridgehead atoms. The van der Waals surface area contributed by atoms with E-state index in [0.29, 0.717) is 12.6 Å². The number of hydrogen-bond acceptors (Lipinski definition) is 4. The number of aliphatic hydroxyl groups is 1. The van der Waals surface area contributed by atoms with E-state index >= 15 is 0 Å². The molecule has 0 aliphatic carbocycles. The van der Waals surface area contributed by atoms with Gasteiger partial charge in [-0.25, -0.2) is 0 Å². The second-order valence-electron chi connectivity index (χ2n) is 7.14. The zero-order valence-corrected chi connectivity index (χ0v) is 19.3. The van der Waals surface area contributed by atoms with Crippen LogP contribution >= 0.6 is 24.0 Å². The van der Waals surface area contributed by atoms with E-state index in [-0.39, 0.29) is 24.0 Å². The summed E-state index contributed by atoms with van der Waals surface area (Å²) in [5.41, 5.74) is 0.432. The highest BCUT2D eigenvalue weighted by atomic mass is 127. The Kier molecular flexibility index (Phi) is 11.2. The van der Waals surface area contributed by atoms with Gasteiger partial charge in [-0.2, -0.15) is 0 Å². The van der Waals surface area contributed by atoms with E-state index in [4.69, 9.17) is 0 Å². The van der Waals surface area contributed by atoms with Crippen LogP contribution in [0.2, 0.25) is 0 Å². The summed E-state index contributed by atoms with van der Waals surface area (Å²) in [4.78, 5) is 11.5. The Bertz CT molecular complexity index is 543. The molecule has 1 aliphatic heterocycles. The second kappa shape index (κ2) is 12.5. The van der Waals surface area contributed by atoms with E-state index in [1.165, 1.54) is 0 Å². The van der Waals surface area contributed by atoms with Gasteiger partial charge < -0.3 is 15.7 Å². The highest BCUT2D eigenvalue weighted by molar-refractivity contribution is 14.0. The van der Waals surface area contributed by atoms with Gasteiger partial charge in [0.1, 0.15) is 0 Å². The molecule has 1 aliphatic rings. The van der Waals surface area contributed by atoms with Gasteiger partial charge in [-0.05, 0) is 44.7 Å². The van der Waals surface area contributed by atoms with Crippen molar-refractivity contribution in [3.63, 3.8) is 0 Å². The number of likely N-dealkylation sites (tertiary alicyclic amines) is 1. The monoisotopic (exact) mass is 489 g/mol. The van der Waals surface area contributed by atoms with Crippen molar-refractivity contribution in [2.45, 2.75) is 64.6 Å². The summed E-state index contributed by atoms with van der Waals surface area (Å²) in [6.07, 6.45) is 5.47. The Balaban J connectivity index is 0.00000364. The minimum atomic E-state index is -0.700. The molecule has 2 heterocycles. The number of aromatic nitrogens is 1. The van der Waals surface area contributed by atoms with Gasteiger partial charge >= 0.3 is 0 Å². The first kappa shape index (κ1) is 24.1. The van der Waals surface area contributed by atoms with Gasteiger partial charge in [0.05, 0.1) is 17.8 Å². The molecule has 0 unspecified atom stereocenters. The quantitative estimate of drug-likeness (QED) is 0.298. The number of piperidine rings is 1. The summed E-state index contributed by atoms with van der Waals surface area (Å²) in [5, 5.41) is 17.3. The van der Waals surface area contributed by atoms with Crippen molar-refractivity contribution in [2.24, 2.45) is 4.99 Å². The number of hydrogen-bond donors (Lipinski definition) is 3. The molecule has 1 fully saturated rings. The number of aliphatic imine (C=N–C) groups is 1. The van der Waals surface area contributed by atoms with Gasteiger partial charge in [0, 0.05) is 38.4 Å². The van der Waals surface area contributed by atoms with E-state index in [1.54, 1.807) is 0 Å². The normalized spacial score (nSPS) is 16.7. The number of nitrogens with one attached hydrogen (secondary N) is 2. The molecule has 0 saturated carbocycles. The van der Waals surface area contributed by atoms with Crippen molar-refractivity contribution in [1.29, 1.82) is 0 Å². The Morgan fingerprint density at radius 2 is 1.96 bits per heavy atom. The summed E-state index contributed by atoms with van der Waals surface area (Å²) in [6.45, 7) is 10.4. The van der Waals surface area contributed by atoms with Crippen LogP contribution in [0.5, 0.6) is 0 Å². The zero-order valence-electron chi connectivity index (χ0n) is 16.9. The van der Waals surface area contributed by atoms with Gasteiger partial charge in [-0.3, -0.25) is 14.9 Å². The molecule has 1 saturated heterocycles. The predicted molar refractivity (Wildman–Crippen MR) is 123 cm³/mol. The molecule has 7 heteroatoms. The third-order valence-electron chi connectivity index (χ3n) is 5.23. The van der Waals surface area contributed by atoms with Crippen LogP contribution in [0.1, 0.15) is 52.1 Å². The molecule has 1 aromatic heterocycles. The molecule has 154 valence electrons. The Morgan fingerprint density at radius 3 is 2.52 bits per heavy atom. The maximum absolute atomic E-state index is 10.5. The van der Waals surface area contributed by atoms with Crippen LogP contribution in [0.15, 0.2) is 29.4 Å². The minimum Gasteiger partial charge on any atom is -0.388 e. The average molecular weight is 489 g/mol. The molecule has 0 aromatic carbocycles. The molecule has 27 heavy (non-hydrogen) atoms. The van der Waals surface area contributed by atoms with E-state index in [1.807, 2.05) is 32.2 Å². The lowest BCUT2D eigenvalue weighted by atomic mass is 9.98. The summed E-state index contributed by atoms with van der Waals surface area (Å²) in [5.74, 6) is 0.816. The van der Waals surface area contributed by atoms with Crippen molar-refractivity contribution in [1.82, 2.24) is 20.5 Å². The van der Waals surface area contributed by atoms with Crippen molar-refractivity contribution in [3.8, 4) is 0 Å². The van der Waals surface area contributed by atoms with Gasteiger partial charge in [0.15, 0.2) is 5.96 Å². The van der Waals surface area contributed by atoms with E-state index in [2.05, 4.69) is 38.5 Å². The first-order chi connectivity index (χ1) is 12.6. The number of pyridine rings is 1. The van der Waals surface area contributed by atoms with Crippen molar-refractivity contribution < 1.29 is 5.11 Å². The third kappa shape index (κ3) is 8.31. The van der Waals surface area contributed by atoms with Crippen LogP contribution in [0, 0.1) is 0 Å². The number of guanidine groups is 1. The average Bonchev–Trinajstić information content (AvgIpc) is 2.68. The van der Waals surface area contributed by atoms with Crippen molar-refractivity contribution in [2.75, 3.05) is 26.2 Å². The standard InChI is InChI=1S/C20H35N5O.HI/c1-4-20(26,5-2)16-23-19(21-6-3)24-17-10-13-25(14-11-17)15-18-9-7-8-12-22-18;/h7-9,12,17,26H,4-6,10-11,13-16H2,1-3H3,(H2,21,23,24);1H. The van der Waals surface area contributed by atoms with Crippen molar-refractivity contribution in [3.05, 3.63) is 30.1 Å². The number of nitrogens with zero attached hydrogens (tertiary/aromatic N) is 3. The van der Waals surface area contributed by atoms with Gasteiger partial charge in [-0.15, -0.1) is 24.0 Å². The molecule has 0 spiro atoms. The molecule has 3 N–H and O–H groups in total. The van der Waals surface area contributed by atoms with E-state index < -0.39 is 5.60 Å². The molecule has 0 radical (unpaired) electrons. The van der Waals surface area contributed by atoms with Crippen LogP contribution in [-0.4, -0.2) is 58.8 Å². The molecule has 2 rings (SSSR count). The van der Waals surface area contributed by atoms with Gasteiger partial charge in [0.2, 0.25) is 0 Å². The first-order valence-electron chi connectivity index (χ1n) is 9.98. The Labute approximate surface area is 181 Å². The van der Waals surface area contributed by atoms with Crippen LogP contribution in [-0.2, 0) is 6.54 Å². The van der Waals surface area contributed by atoms with Crippen LogP contribution in [0.3, 0.4) is 0 Å². The minimum absolute atomic E-state index is 0. The molecular weight excluding hydrogens is 453 g/mol. The van der Waals surface area contributed by atoms with Crippen LogP contribution in [0.4, 0.5) is 0 Å². The highest BCUT2D eigenvalue weighted by Gasteiger charge is 2.23. The van der Waals surface area contributed by atoms with Crippen molar-refractivity contribution >= 4 is 29.9 Å². The Hall–Kier alpha value is -0.930. The van der Waals surface area contributed by atoms with Gasteiger partial charge in [0.25, 0.3) is 0 Å². The fourth-order valence-corrected chi connectivity index (χ4v) is 3.17. The number of rotatable bonds is 8. The lowest BCUT2D eigenvalue weighted by molar-refractivity contribution is 0.0417. The molecular formula is C20H36IN5O. The Morgan fingerprint density at radius 1 is 1.26 bits per heavy atom. The summed E-state index contributed by atoms with van der Waals surface area (Å²) < 4.78 is 0. The molecule has 1 aromatic rings. The summed E-state index contributed by atoms with van der Waals surface area (Å²) in [7, 11) is 0. The number of halogens is 1. The zero-order chi connectivity index (χ0) is 18.8. The van der Waals surface area contributed by atoms with Gasteiger partial charge in [-0.1, -0.05) is 19.9 Å². The van der Waals surface area contributed by atoms with Crippen LogP contribution < -0.4 is 10.6 Å². The molecule has 0 atom stereocenters. The third-order valence-corrected chi connectivity index (χ3v) is 5.23. The lowest BCUT2D eigenvalue weighted by Gasteiger charge is -2.33. The molecule has 0 amide bonds. The van der Waals surface area contributed by atoms with E-state index in [0.717, 1.165) is 63.5 Å². The largest absolute Gasteiger partial charge is 0.388 e. The summed E-state index contributed by atoms with van der Waals surface area (Å²) >= 11 is 0. The molecule has 6 nitrogen and oxygen atoms in total. The summed E-state index contributed by atoms with van der Waals surface area (Å²) in [6, 6.07) is 6.51. The fourth-order valence-electron chi connectivity index (χ4n) is 3.17. The maximum atomic E-state index is 10.5. The SMILES string of the molecule is CCNC(=NCC(O)(CC)CC)NC1CCN(Cc2ccccn2)CC1.I. The topological polar surface area (TPSA) is 72.8 Å². The fraction of sp³-hybridized carbons (Fsp3) is 0.700. The highest BCUT2D eigenvalue weighted by Crippen LogP contribution is 2.15. The van der Waals surface area contributed by atoms with Crippen LogP contribution in [0.25, 0.3) is 0 Å². The van der Waals surface area contributed by atoms with E-state index in [9.17, 15) is 5.11 Å². The first-order valence-corrected chi connectivity index (χ1v) is 9.98. The predicted octanol–water partition coefficient (Wildman–Crippen LogP) is 2.77.